The van der Waals surface area contributed by atoms with Crippen LogP contribution in [0.4, 0.5) is 5.82 Å². The first kappa shape index (κ1) is 9.99. The van der Waals surface area contributed by atoms with Crippen molar-refractivity contribution in [1.82, 2.24) is 9.97 Å². The van der Waals surface area contributed by atoms with E-state index in [4.69, 9.17) is 0 Å². The predicted molar refractivity (Wildman–Crippen MR) is 64.9 cm³/mol. The second-order valence-corrected chi connectivity index (χ2v) is 4.97. The molecule has 2 aromatic heterocycles. The van der Waals surface area contributed by atoms with Crippen molar-refractivity contribution in [2.75, 3.05) is 18.0 Å². The van der Waals surface area contributed by atoms with Crippen LogP contribution in [-0.2, 0) is 0 Å². The summed E-state index contributed by atoms with van der Waals surface area (Å²) in [4.78, 5) is 11.8. The molecule has 3 rings (SSSR count). The van der Waals surface area contributed by atoms with Crippen LogP contribution in [0.5, 0.6) is 0 Å². The van der Waals surface area contributed by atoms with Gasteiger partial charge in [0.15, 0.2) is 0 Å². The van der Waals surface area contributed by atoms with Crippen LogP contribution in [0.2, 0.25) is 0 Å². The lowest BCUT2D eigenvalue weighted by atomic mass is 10.1. The summed E-state index contributed by atoms with van der Waals surface area (Å²) in [7, 11) is 0. The van der Waals surface area contributed by atoms with Crippen LogP contribution in [0.1, 0.15) is 12.8 Å². The Morgan fingerprint density at radius 3 is 3.25 bits per heavy atom. The van der Waals surface area contributed by atoms with Gasteiger partial charge < -0.3 is 10.0 Å². The first-order valence-electron chi connectivity index (χ1n) is 5.46. The average molecular weight is 235 g/mol. The zero-order chi connectivity index (χ0) is 11.0. The van der Waals surface area contributed by atoms with E-state index in [0.29, 0.717) is 6.54 Å². The molecule has 0 aromatic carbocycles. The molecule has 1 aliphatic heterocycles. The van der Waals surface area contributed by atoms with Crippen molar-refractivity contribution < 1.29 is 5.11 Å². The summed E-state index contributed by atoms with van der Waals surface area (Å²) in [5, 5.41) is 12.8. The van der Waals surface area contributed by atoms with Crippen LogP contribution >= 0.6 is 11.3 Å². The van der Waals surface area contributed by atoms with E-state index in [1.54, 1.807) is 17.7 Å². The molecule has 4 nitrogen and oxygen atoms in total. The lowest BCUT2D eigenvalue weighted by molar-refractivity contribution is 0.154. The fourth-order valence-corrected chi connectivity index (χ4v) is 2.90. The number of aliphatic hydroxyl groups excluding tert-OH is 1. The van der Waals surface area contributed by atoms with Crippen LogP contribution in [0, 0.1) is 0 Å². The molecule has 1 unspecified atom stereocenters. The summed E-state index contributed by atoms with van der Waals surface area (Å²) in [6.07, 6.45) is 3.30. The molecule has 0 amide bonds. The van der Waals surface area contributed by atoms with Crippen molar-refractivity contribution in [3.63, 3.8) is 0 Å². The Morgan fingerprint density at radius 2 is 2.38 bits per heavy atom. The number of aliphatic hydroxyl groups is 1. The van der Waals surface area contributed by atoms with Gasteiger partial charge in [0.25, 0.3) is 0 Å². The van der Waals surface area contributed by atoms with Crippen LogP contribution in [0.15, 0.2) is 17.8 Å². The second kappa shape index (κ2) is 3.99. The Morgan fingerprint density at radius 1 is 1.44 bits per heavy atom. The van der Waals surface area contributed by atoms with Gasteiger partial charge >= 0.3 is 0 Å². The van der Waals surface area contributed by atoms with Gasteiger partial charge in [-0.05, 0) is 24.3 Å². The minimum Gasteiger partial charge on any atom is -0.391 e. The van der Waals surface area contributed by atoms with Gasteiger partial charge in [0.2, 0.25) is 0 Å². The maximum absolute atomic E-state index is 9.68. The summed E-state index contributed by atoms with van der Waals surface area (Å²) in [6.45, 7) is 1.65. The van der Waals surface area contributed by atoms with Gasteiger partial charge in [0, 0.05) is 13.1 Å². The largest absolute Gasteiger partial charge is 0.391 e. The highest BCUT2D eigenvalue weighted by Crippen LogP contribution is 2.28. The highest BCUT2D eigenvalue weighted by molar-refractivity contribution is 7.16. The summed E-state index contributed by atoms with van der Waals surface area (Å²) < 4.78 is 0. The van der Waals surface area contributed by atoms with Crippen LogP contribution in [-0.4, -0.2) is 34.3 Å². The number of aromatic nitrogens is 2. The van der Waals surface area contributed by atoms with E-state index in [9.17, 15) is 5.11 Å². The lowest BCUT2D eigenvalue weighted by Crippen LogP contribution is -2.38. The third-order valence-electron chi connectivity index (χ3n) is 2.94. The van der Waals surface area contributed by atoms with Gasteiger partial charge in [-0.2, -0.15) is 0 Å². The zero-order valence-corrected chi connectivity index (χ0v) is 9.65. The standard InChI is InChI=1S/C11H13N3OS/c15-8-2-1-4-14(6-8)10-9-3-5-16-11(9)13-7-12-10/h3,5,7-8,15H,1-2,4,6H2. The number of anilines is 1. The van der Waals surface area contributed by atoms with Crippen molar-refractivity contribution in [1.29, 1.82) is 0 Å². The number of fused-ring (bicyclic) bond motifs is 1. The maximum atomic E-state index is 9.68. The SMILES string of the molecule is OC1CCCN(c2ncnc3sccc23)C1. The number of piperidine rings is 1. The van der Waals surface area contributed by atoms with Crippen molar-refractivity contribution >= 4 is 27.4 Å². The molecule has 0 aliphatic carbocycles. The fourth-order valence-electron chi connectivity index (χ4n) is 2.18. The van der Waals surface area contributed by atoms with Crippen molar-refractivity contribution in [2.45, 2.75) is 18.9 Å². The Kier molecular flexibility index (Phi) is 2.49. The first-order valence-corrected chi connectivity index (χ1v) is 6.34. The molecule has 16 heavy (non-hydrogen) atoms. The molecule has 0 spiro atoms. The summed E-state index contributed by atoms with van der Waals surface area (Å²) >= 11 is 1.63. The van der Waals surface area contributed by atoms with E-state index in [1.165, 1.54) is 0 Å². The van der Waals surface area contributed by atoms with Gasteiger partial charge in [-0.15, -0.1) is 11.3 Å². The van der Waals surface area contributed by atoms with E-state index in [-0.39, 0.29) is 6.10 Å². The van der Waals surface area contributed by atoms with Gasteiger partial charge in [0.1, 0.15) is 17.0 Å². The Balaban J connectivity index is 2.01. The molecule has 2 aromatic rings. The number of hydrogen-bond donors (Lipinski definition) is 1. The van der Waals surface area contributed by atoms with Gasteiger partial charge in [-0.1, -0.05) is 0 Å². The molecule has 0 radical (unpaired) electrons. The molecular weight excluding hydrogens is 222 g/mol. The monoisotopic (exact) mass is 235 g/mol. The molecule has 1 aliphatic rings. The Bertz CT molecular complexity index is 499. The van der Waals surface area contributed by atoms with Crippen LogP contribution in [0.25, 0.3) is 10.2 Å². The van der Waals surface area contributed by atoms with E-state index < -0.39 is 0 Å². The summed E-state index contributed by atoms with van der Waals surface area (Å²) in [6, 6.07) is 2.05. The van der Waals surface area contributed by atoms with Crippen molar-refractivity contribution in [3.05, 3.63) is 17.8 Å². The zero-order valence-electron chi connectivity index (χ0n) is 8.83. The van der Waals surface area contributed by atoms with Crippen molar-refractivity contribution in [3.8, 4) is 0 Å². The number of hydrogen-bond acceptors (Lipinski definition) is 5. The topological polar surface area (TPSA) is 49.2 Å². The quantitative estimate of drug-likeness (QED) is 0.816. The summed E-state index contributed by atoms with van der Waals surface area (Å²) in [5.74, 6) is 0.963. The third kappa shape index (κ3) is 1.66. The number of β-amino-alcohol motifs (C(OH)–C–C–N with tert-alkyl or cyclic N) is 1. The highest BCUT2D eigenvalue weighted by atomic mass is 32.1. The second-order valence-electron chi connectivity index (χ2n) is 4.08. The highest BCUT2D eigenvalue weighted by Gasteiger charge is 2.20. The van der Waals surface area contributed by atoms with E-state index >= 15 is 0 Å². The smallest absolute Gasteiger partial charge is 0.140 e. The molecule has 1 atom stereocenters. The molecular formula is C11H13N3OS. The average Bonchev–Trinajstić information content (AvgIpc) is 2.76. The van der Waals surface area contributed by atoms with Gasteiger partial charge in [-0.3, -0.25) is 0 Å². The normalized spacial score (nSPS) is 21.6. The fraction of sp³-hybridized carbons (Fsp3) is 0.455. The third-order valence-corrected chi connectivity index (χ3v) is 3.76. The molecule has 0 saturated carbocycles. The number of nitrogens with zero attached hydrogens (tertiary/aromatic N) is 3. The van der Waals surface area contributed by atoms with Gasteiger partial charge in [0.05, 0.1) is 11.5 Å². The van der Waals surface area contributed by atoms with E-state index in [0.717, 1.165) is 35.4 Å². The van der Waals surface area contributed by atoms with E-state index in [2.05, 4.69) is 20.9 Å². The number of thiophene rings is 1. The molecule has 1 fully saturated rings. The maximum Gasteiger partial charge on any atom is 0.140 e. The van der Waals surface area contributed by atoms with Gasteiger partial charge in [-0.25, -0.2) is 9.97 Å². The molecule has 1 saturated heterocycles. The van der Waals surface area contributed by atoms with Crippen LogP contribution < -0.4 is 4.90 Å². The predicted octanol–water partition coefficient (Wildman–Crippen LogP) is 1.65. The molecule has 84 valence electrons. The van der Waals surface area contributed by atoms with E-state index in [1.807, 2.05) is 5.38 Å². The lowest BCUT2D eigenvalue weighted by Gasteiger charge is -2.31. The minimum absolute atomic E-state index is 0.225. The molecule has 3 heterocycles. The summed E-state index contributed by atoms with van der Waals surface area (Å²) in [5.41, 5.74) is 0. The molecule has 1 N–H and O–H groups in total. The Labute approximate surface area is 97.6 Å². The minimum atomic E-state index is -0.225. The molecule has 5 heteroatoms. The first-order chi connectivity index (χ1) is 7.84. The number of rotatable bonds is 1. The van der Waals surface area contributed by atoms with Crippen LogP contribution in [0.3, 0.4) is 0 Å². The van der Waals surface area contributed by atoms with Crippen molar-refractivity contribution in [2.24, 2.45) is 0 Å². The molecule has 0 bridgehead atoms. The Hall–Kier alpha value is -1.20.